The second-order valence-corrected chi connectivity index (χ2v) is 4.97. The lowest BCUT2D eigenvalue weighted by Crippen LogP contribution is -2.17. The Hall–Kier alpha value is -2.18. The molecule has 1 saturated carbocycles. The monoisotopic (exact) mass is 312 g/mol. The summed E-state index contributed by atoms with van der Waals surface area (Å²) in [5, 5.41) is 0. The van der Waals surface area contributed by atoms with Gasteiger partial charge in [-0.2, -0.15) is 0 Å². The summed E-state index contributed by atoms with van der Waals surface area (Å²) in [5.41, 5.74) is 0. The minimum Gasteiger partial charge on any atom is -0.466 e. The summed E-state index contributed by atoms with van der Waals surface area (Å²) in [6.45, 7) is -0.222. The van der Waals surface area contributed by atoms with Crippen molar-refractivity contribution in [3.63, 3.8) is 0 Å². The van der Waals surface area contributed by atoms with Gasteiger partial charge in [-0.15, -0.1) is 0 Å². The van der Waals surface area contributed by atoms with E-state index in [-0.39, 0.29) is 19.4 Å². The Balaban J connectivity index is 2.14. The van der Waals surface area contributed by atoms with Gasteiger partial charge in [-0.1, -0.05) is 12.8 Å². The first-order valence-electron chi connectivity index (χ1n) is 7.17. The number of esters is 4. The SMILES string of the molecule is COC(=O)/C=C\C(=O)OCCC(=O)OC(=O)CC1CCCC1. The van der Waals surface area contributed by atoms with Crippen LogP contribution in [0.2, 0.25) is 0 Å². The number of carbonyl (C=O) groups is 4. The third kappa shape index (κ3) is 7.56. The second-order valence-electron chi connectivity index (χ2n) is 4.97. The summed E-state index contributed by atoms with van der Waals surface area (Å²) < 4.78 is 13.6. The highest BCUT2D eigenvalue weighted by atomic mass is 16.6. The highest BCUT2D eigenvalue weighted by Gasteiger charge is 2.20. The van der Waals surface area contributed by atoms with Gasteiger partial charge in [-0.3, -0.25) is 9.59 Å². The van der Waals surface area contributed by atoms with Gasteiger partial charge in [0.1, 0.15) is 6.61 Å². The van der Waals surface area contributed by atoms with Gasteiger partial charge in [0.25, 0.3) is 0 Å². The number of rotatable bonds is 7. The topological polar surface area (TPSA) is 96.0 Å². The maximum atomic E-state index is 11.5. The quantitative estimate of drug-likeness (QED) is 0.302. The number of methoxy groups -OCH3 is 1. The van der Waals surface area contributed by atoms with Gasteiger partial charge in [0.05, 0.1) is 13.5 Å². The van der Waals surface area contributed by atoms with Crippen molar-refractivity contribution in [3.8, 4) is 0 Å². The molecule has 0 radical (unpaired) electrons. The fourth-order valence-electron chi connectivity index (χ4n) is 2.16. The van der Waals surface area contributed by atoms with Gasteiger partial charge < -0.3 is 14.2 Å². The maximum Gasteiger partial charge on any atom is 0.331 e. The average Bonchev–Trinajstić information content (AvgIpc) is 2.97. The Labute approximate surface area is 128 Å². The molecule has 0 N–H and O–H groups in total. The van der Waals surface area contributed by atoms with E-state index in [0.29, 0.717) is 5.92 Å². The van der Waals surface area contributed by atoms with Gasteiger partial charge in [0.2, 0.25) is 0 Å². The average molecular weight is 312 g/mol. The summed E-state index contributed by atoms with van der Waals surface area (Å²) in [6.07, 6.45) is 6.05. The molecule has 0 aliphatic heterocycles. The first-order chi connectivity index (χ1) is 10.5. The van der Waals surface area contributed by atoms with E-state index in [1.165, 1.54) is 7.11 Å². The van der Waals surface area contributed by atoms with Crippen molar-refractivity contribution in [1.82, 2.24) is 0 Å². The van der Waals surface area contributed by atoms with Crippen LogP contribution in [0, 0.1) is 5.92 Å². The largest absolute Gasteiger partial charge is 0.466 e. The van der Waals surface area contributed by atoms with Gasteiger partial charge in [0.15, 0.2) is 0 Å². The van der Waals surface area contributed by atoms with E-state index in [1.807, 2.05) is 0 Å². The van der Waals surface area contributed by atoms with Crippen LogP contribution in [-0.4, -0.2) is 37.6 Å². The first kappa shape index (κ1) is 17.9. The molecule has 0 aromatic carbocycles. The fraction of sp³-hybridized carbons (Fsp3) is 0.600. The molecule has 1 rings (SSSR count). The zero-order valence-electron chi connectivity index (χ0n) is 12.5. The van der Waals surface area contributed by atoms with Crippen molar-refractivity contribution in [2.24, 2.45) is 5.92 Å². The predicted octanol–water partition coefficient (Wildman–Crippen LogP) is 1.30. The molecule has 1 fully saturated rings. The van der Waals surface area contributed by atoms with Crippen LogP contribution in [-0.2, 0) is 33.4 Å². The van der Waals surface area contributed by atoms with Crippen LogP contribution < -0.4 is 0 Å². The van der Waals surface area contributed by atoms with E-state index in [1.54, 1.807) is 0 Å². The molecule has 0 aromatic heterocycles. The number of hydrogen-bond acceptors (Lipinski definition) is 7. The minimum absolute atomic E-state index is 0.214. The molecule has 0 unspecified atom stereocenters. The van der Waals surface area contributed by atoms with E-state index in [4.69, 9.17) is 0 Å². The summed E-state index contributed by atoms with van der Waals surface area (Å²) in [6, 6.07) is 0. The molecule has 0 saturated heterocycles. The molecular formula is C15H20O7. The molecule has 0 atom stereocenters. The normalized spacial score (nSPS) is 14.8. The van der Waals surface area contributed by atoms with Gasteiger partial charge in [0, 0.05) is 18.6 Å². The molecule has 0 aromatic rings. The fourth-order valence-corrected chi connectivity index (χ4v) is 2.16. The summed E-state index contributed by atoms with van der Waals surface area (Å²) in [5.74, 6) is -2.42. The van der Waals surface area contributed by atoms with E-state index >= 15 is 0 Å². The second kappa shape index (κ2) is 9.70. The highest BCUT2D eigenvalue weighted by Crippen LogP contribution is 2.27. The Bertz CT molecular complexity index is 447. The van der Waals surface area contributed by atoms with E-state index in [9.17, 15) is 19.2 Å². The summed E-state index contributed by atoms with van der Waals surface area (Å²) >= 11 is 0. The van der Waals surface area contributed by atoms with Crippen molar-refractivity contribution in [3.05, 3.63) is 12.2 Å². The first-order valence-corrected chi connectivity index (χ1v) is 7.17. The molecule has 0 amide bonds. The lowest BCUT2D eigenvalue weighted by atomic mass is 10.0. The van der Waals surface area contributed by atoms with Crippen LogP contribution in [0.15, 0.2) is 12.2 Å². The van der Waals surface area contributed by atoms with E-state index in [0.717, 1.165) is 37.8 Å². The van der Waals surface area contributed by atoms with E-state index in [2.05, 4.69) is 14.2 Å². The maximum absolute atomic E-state index is 11.5. The lowest BCUT2D eigenvalue weighted by Gasteiger charge is -2.07. The third-order valence-corrected chi connectivity index (χ3v) is 3.26. The molecule has 7 nitrogen and oxygen atoms in total. The molecule has 7 heteroatoms. The van der Waals surface area contributed by atoms with Crippen molar-refractivity contribution < 1.29 is 33.4 Å². The molecule has 122 valence electrons. The number of carbonyl (C=O) groups excluding carboxylic acids is 4. The van der Waals surface area contributed by atoms with Gasteiger partial charge >= 0.3 is 23.9 Å². The smallest absolute Gasteiger partial charge is 0.331 e. The van der Waals surface area contributed by atoms with Crippen LogP contribution >= 0.6 is 0 Å². The molecule has 1 aliphatic carbocycles. The Morgan fingerprint density at radius 2 is 1.64 bits per heavy atom. The summed E-state index contributed by atoms with van der Waals surface area (Å²) in [7, 11) is 1.18. The Morgan fingerprint density at radius 1 is 1.00 bits per heavy atom. The highest BCUT2D eigenvalue weighted by molar-refractivity contribution is 5.91. The predicted molar refractivity (Wildman–Crippen MR) is 74.4 cm³/mol. The minimum atomic E-state index is -0.782. The molecule has 1 aliphatic rings. The van der Waals surface area contributed by atoms with Crippen LogP contribution in [0.25, 0.3) is 0 Å². The standard InChI is InChI=1S/C15H20O7/c1-20-12(16)6-7-13(17)21-9-8-14(18)22-15(19)10-11-4-2-3-5-11/h6-7,11H,2-5,8-10H2,1H3/b7-6-. The Morgan fingerprint density at radius 3 is 2.27 bits per heavy atom. The van der Waals surface area contributed by atoms with Crippen molar-refractivity contribution in [2.75, 3.05) is 13.7 Å². The summed E-state index contributed by atoms with van der Waals surface area (Å²) in [4.78, 5) is 44.8. The van der Waals surface area contributed by atoms with Crippen molar-refractivity contribution >= 4 is 23.9 Å². The van der Waals surface area contributed by atoms with E-state index < -0.39 is 23.9 Å². The molecular weight excluding hydrogens is 292 g/mol. The van der Waals surface area contributed by atoms with Crippen LogP contribution in [0.3, 0.4) is 0 Å². The van der Waals surface area contributed by atoms with Crippen molar-refractivity contribution in [2.45, 2.75) is 38.5 Å². The zero-order valence-corrected chi connectivity index (χ0v) is 12.5. The lowest BCUT2D eigenvalue weighted by molar-refractivity contribution is -0.161. The third-order valence-electron chi connectivity index (χ3n) is 3.26. The Kier molecular flexibility index (Phi) is 7.88. The zero-order chi connectivity index (χ0) is 16.4. The molecule has 0 heterocycles. The van der Waals surface area contributed by atoms with Crippen LogP contribution in [0.5, 0.6) is 0 Å². The van der Waals surface area contributed by atoms with Gasteiger partial charge in [-0.25, -0.2) is 9.59 Å². The molecule has 22 heavy (non-hydrogen) atoms. The van der Waals surface area contributed by atoms with Crippen LogP contribution in [0.4, 0.5) is 0 Å². The number of hydrogen-bond donors (Lipinski definition) is 0. The molecule has 0 spiro atoms. The van der Waals surface area contributed by atoms with Gasteiger partial charge in [-0.05, 0) is 18.8 Å². The number of ether oxygens (including phenoxy) is 3. The van der Waals surface area contributed by atoms with Crippen LogP contribution in [0.1, 0.15) is 38.5 Å². The molecule has 0 bridgehead atoms. The van der Waals surface area contributed by atoms with Crippen molar-refractivity contribution in [1.29, 1.82) is 0 Å².